The minimum absolute atomic E-state index is 0.174. The average Bonchev–Trinajstić information content (AvgIpc) is 3.10. The largest absolute Gasteiger partial charge is 0.492 e. The van der Waals surface area contributed by atoms with E-state index in [1.807, 2.05) is 30.3 Å². The third-order valence-electron chi connectivity index (χ3n) is 4.19. The maximum atomic E-state index is 13.4. The molecule has 0 saturated heterocycles. The van der Waals surface area contributed by atoms with E-state index in [1.165, 1.54) is 12.1 Å². The minimum atomic E-state index is -0.381. The van der Waals surface area contributed by atoms with Crippen molar-refractivity contribution in [3.05, 3.63) is 72.2 Å². The summed E-state index contributed by atoms with van der Waals surface area (Å²) >= 11 is 0. The molecule has 2 aromatic carbocycles. The SMILES string of the molecule is O=C(Nc1ccnn1-c1ccccc1)[C@@H]1COc2ccc(F)cc2C1. The van der Waals surface area contributed by atoms with E-state index in [0.29, 0.717) is 23.6 Å². The van der Waals surface area contributed by atoms with Gasteiger partial charge in [-0.3, -0.25) is 4.79 Å². The third-order valence-corrected chi connectivity index (χ3v) is 4.19. The van der Waals surface area contributed by atoms with E-state index < -0.39 is 0 Å². The van der Waals surface area contributed by atoms with E-state index in [0.717, 1.165) is 5.69 Å². The molecule has 0 spiro atoms. The molecular weight excluding hydrogens is 321 g/mol. The molecule has 4 rings (SSSR count). The van der Waals surface area contributed by atoms with Gasteiger partial charge < -0.3 is 10.1 Å². The molecule has 0 unspecified atom stereocenters. The lowest BCUT2D eigenvalue weighted by molar-refractivity contribution is -0.121. The number of ether oxygens (including phenoxy) is 1. The molecule has 1 N–H and O–H groups in total. The number of nitrogens with zero attached hydrogens (tertiary/aromatic N) is 2. The van der Waals surface area contributed by atoms with Crippen molar-refractivity contribution in [2.75, 3.05) is 11.9 Å². The smallest absolute Gasteiger partial charge is 0.232 e. The van der Waals surface area contributed by atoms with Gasteiger partial charge in [0.1, 0.15) is 24.0 Å². The molecule has 0 aliphatic carbocycles. The van der Waals surface area contributed by atoms with Crippen molar-refractivity contribution in [1.29, 1.82) is 0 Å². The predicted molar refractivity (Wildman–Crippen MR) is 91.3 cm³/mol. The topological polar surface area (TPSA) is 56.2 Å². The summed E-state index contributed by atoms with van der Waals surface area (Å²) in [6.07, 6.45) is 2.07. The molecule has 2 heterocycles. The van der Waals surface area contributed by atoms with Crippen LogP contribution >= 0.6 is 0 Å². The van der Waals surface area contributed by atoms with Gasteiger partial charge in [-0.05, 0) is 42.3 Å². The van der Waals surface area contributed by atoms with Crippen molar-refractivity contribution < 1.29 is 13.9 Å². The second kappa shape index (κ2) is 6.39. The zero-order valence-corrected chi connectivity index (χ0v) is 13.4. The maximum absolute atomic E-state index is 13.4. The average molecular weight is 337 g/mol. The summed E-state index contributed by atoms with van der Waals surface area (Å²) in [5.74, 6) is 0.340. The van der Waals surface area contributed by atoms with E-state index in [4.69, 9.17) is 4.74 Å². The molecule has 1 amide bonds. The molecule has 1 aliphatic heterocycles. The predicted octanol–water partition coefficient (Wildman–Crippen LogP) is 3.20. The van der Waals surface area contributed by atoms with Crippen LogP contribution in [-0.4, -0.2) is 22.3 Å². The number of benzene rings is 2. The number of hydrogen-bond acceptors (Lipinski definition) is 3. The van der Waals surface area contributed by atoms with Crippen LogP contribution in [0.15, 0.2) is 60.8 Å². The molecule has 0 radical (unpaired) electrons. The fraction of sp³-hybridized carbons (Fsp3) is 0.158. The van der Waals surface area contributed by atoms with Crippen LogP contribution in [-0.2, 0) is 11.2 Å². The number of anilines is 1. The summed E-state index contributed by atoms with van der Waals surface area (Å²) in [5.41, 5.74) is 1.57. The first-order chi connectivity index (χ1) is 12.2. The Kier molecular flexibility index (Phi) is 3.93. The number of aromatic nitrogens is 2. The molecule has 0 fully saturated rings. The molecular formula is C19H16FN3O2. The zero-order valence-electron chi connectivity index (χ0n) is 13.4. The van der Waals surface area contributed by atoms with Gasteiger partial charge in [-0.2, -0.15) is 5.10 Å². The fourth-order valence-electron chi connectivity index (χ4n) is 2.93. The van der Waals surface area contributed by atoms with Crippen LogP contribution in [0.1, 0.15) is 5.56 Å². The number of nitrogens with one attached hydrogen (secondary N) is 1. The van der Waals surface area contributed by atoms with Crippen LogP contribution in [0.4, 0.5) is 10.2 Å². The first-order valence-electron chi connectivity index (χ1n) is 8.02. The van der Waals surface area contributed by atoms with Gasteiger partial charge in [-0.25, -0.2) is 9.07 Å². The lowest BCUT2D eigenvalue weighted by atomic mass is 9.96. The first kappa shape index (κ1) is 15.4. The van der Waals surface area contributed by atoms with E-state index in [1.54, 1.807) is 23.0 Å². The van der Waals surface area contributed by atoms with Crippen LogP contribution in [0.25, 0.3) is 5.69 Å². The van der Waals surface area contributed by atoms with Crippen molar-refractivity contribution in [2.45, 2.75) is 6.42 Å². The number of rotatable bonds is 3. The van der Waals surface area contributed by atoms with Gasteiger partial charge in [0.15, 0.2) is 0 Å². The van der Waals surface area contributed by atoms with Gasteiger partial charge in [0.05, 0.1) is 17.8 Å². The summed E-state index contributed by atoms with van der Waals surface area (Å²) in [4.78, 5) is 12.6. The molecule has 1 aliphatic rings. The highest BCUT2D eigenvalue weighted by Crippen LogP contribution is 2.28. The Labute approximate surface area is 144 Å². The Bertz CT molecular complexity index is 908. The van der Waals surface area contributed by atoms with Crippen LogP contribution in [0, 0.1) is 11.7 Å². The van der Waals surface area contributed by atoms with E-state index in [-0.39, 0.29) is 24.2 Å². The number of carbonyl (C=O) groups excluding carboxylic acids is 1. The lowest BCUT2D eigenvalue weighted by Gasteiger charge is -2.24. The van der Waals surface area contributed by atoms with E-state index in [2.05, 4.69) is 10.4 Å². The highest BCUT2D eigenvalue weighted by molar-refractivity contribution is 5.92. The highest BCUT2D eigenvalue weighted by atomic mass is 19.1. The summed E-state index contributed by atoms with van der Waals surface area (Å²) in [6, 6.07) is 15.7. The van der Waals surface area contributed by atoms with Crippen LogP contribution in [0.2, 0.25) is 0 Å². The maximum Gasteiger partial charge on any atom is 0.232 e. The molecule has 5 nitrogen and oxygen atoms in total. The molecule has 126 valence electrons. The summed E-state index contributed by atoms with van der Waals surface area (Å²) in [6.45, 7) is 0.268. The third kappa shape index (κ3) is 3.10. The Balaban J connectivity index is 1.51. The van der Waals surface area contributed by atoms with Gasteiger partial charge in [-0.1, -0.05) is 18.2 Å². The van der Waals surface area contributed by atoms with Crippen LogP contribution in [0.3, 0.4) is 0 Å². The molecule has 0 bridgehead atoms. The molecule has 1 aromatic heterocycles. The number of carbonyl (C=O) groups is 1. The number of para-hydroxylation sites is 1. The molecule has 3 aromatic rings. The molecule has 1 atom stereocenters. The van der Waals surface area contributed by atoms with Crippen LogP contribution in [0.5, 0.6) is 5.75 Å². The van der Waals surface area contributed by atoms with Gasteiger partial charge in [0, 0.05) is 6.07 Å². The Morgan fingerprint density at radius 1 is 1.20 bits per heavy atom. The summed E-state index contributed by atoms with van der Waals surface area (Å²) < 4.78 is 20.7. The van der Waals surface area contributed by atoms with E-state index >= 15 is 0 Å². The van der Waals surface area contributed by atoms with Crippen molar-refractivity contribution in [2.24, 2.45) is 5.92 Å². The van der Waals surface area contributed by atoms with Crippen molar-refractivity contribution in [1.82, 2.24) is 9.78 Å². The minimum Gasteiger partial charge on any atom is -0.492 e. The molecule has 0 saturated carbocycles. The number of amides is 1. The summed E-state index contributed by atoms with van der Waals surface area (Å²) in [7, 11) is 0. The number of halogens is 1. The van der Waals surface area contributed by atoms with Gasteiger partial charge >= 0.3 is 0 Å². The summed E-state index contributed by atoms with van der Waals surface area (Å²) in [5, 5.41) is 7.15. The Morgan fingerprint density at radius 2 is 2.04 bits per heavy atom. The number of hydrogen-bond donors (Lipinski definition) is 1. The van der Waals surface area contributed by atoms with Crippen LogP contribution < -0.4 is 10.1 Å². The van der Waals surface area contributed by atoms with Crippen molar-refractivity contribution in [3.8, 4) is 11.4 Å². The zero-order chi connectivity index (χ0) is 17.2. The molecule has 25 heavy (non-hydrogen) atoms. The standard InChI is InChI=1S/C19H16FN3O2/c20-15-6-7-17-13(11-15)10-14(12-25-17)19(24)22-18-8-9-21-23(18)16-4-2-1-3-5-16/h1-9,11,14H,10,12H2,(H,22,24)/t14-/m0/s1. The quantitative estimate of drug-likeness (QED) is 0.798. The normalized spacial score (nSPS) is 16.0. The number of fused-ring (bicyclic) bond motifs is 1. The second-order valence-electron chi connectivity index (χ2n) is 5.92. The monoisotopic (exact) mass is 337 g/mol. The first-order valence-corrected chi connectivity index (χ1v) is 8.02. The van der Waals surface area contributed by atoms with Gasteiger partial charge in [0.2, 0.25) is 5.91 Å². The van der Waals surface area contributed by atoms with Gasteiger partial charge in [-0.15, -0.1) is 0 Å². The lowest BCUT2D eigenvalue weighted by Crippen LogP contribution is -2.33. The highest BCUT2D eigenvalue weighted by Gasteiger charge is 2.27. The second-order valence-corrected chi connectivity index (χ2v) is 5.92. The molecule has 6 heteroatoms. The van der Waals surface area contributed by atoms with E-state index in [9.17, 15) is 9.18 Å². The van der Waals surface area contributed by atoms with Gasteiger partial charge in [0.25, 0.3) is 0 Å². The van der Waals surface area contributed by atoms with Crippen molar-refractivity contribution in [3.63, 3.8) is 0 Å². The fourth-order valence-corrected chi connectivity index (χ4v) is 2.93. The van der Waals surface area contributed by atoms with Crippen molar-refractivity contribution >= 4 is 11.7 Å². The Hall–Kier alpha value is -3.15. The Morgan fingerprint density at radius 3 is 2.88 bits per heavy atom.